The first-order chi connectivity index (χ1) is 8.16. The molecule has 2 aromatic rings. The third-order valence-electron chi connectivity index (χ3n) is 2.39. The van der Waals surface area contributed by atoms with E-state index in [4.69, 9.17) is 5.11 Å². The molecule has 0 unspecified atom stereocenters. The summed E-state index contributed by atoms with van der Waals surface area (Å²) < 4.78 is 13.5. The first kappa shape index (κ1) is 11.3. The monoisotopic (exact) mass is 231 g/mol. The van der Waals surface area contributed by atoms with E-state index in [9.17, 15) is 9.18 Å². The van der Waals surface area contributed by atoms with Crippen molar-refractivity contribution in [1.29, 1.82) is 0 Å². The van der Waals surface area contributed by atoms with Crippen LogP contribution >= 0.6 is 0 Å². The number of rotatable bonds is 3. The number of carbonyl (C=O) groups is 1. The fraction of sp³-hybridized carbons (Fsp3) is 0.0769. The van der Waals surface area contributed by atoms with Crippen LogP contribution in [0.15, 0.2) is 42.6 Å². The molecule has 1 heterocycles. The van der Waals surface area contributed by atoms with Crippen molar-refractivity contribution in [2.45, 2.75) is 6.42 Å². The molecular formula is C13H10FNO2. The van der Waals surface area contributed by atoms with Gasteiger partial charge in [-0.15, -0.1) is 0 Å². The van der Waals surface area contributed by atoms with E-state index in [1.54, 1.807) is 24.4 Å². The van der Waals surface area contributed by atoms with Crippen LogP contribution in [0.25, 0.3) is 0 Å². The molecule has 1 aromatic carbocycles. The molecule has 17 heavy (non-hydrogen) atoms. The van der Waals surface area contributed by atoms with Crippen molar-refractivity contribution in [3.05, 3.63) is 65.2 Å². The third-order valence-corrected chi connectivity index (χ3v) is 2.39. The maximum atomic E-state index is 13.5. The van der Waals surface area contributed by atoms with Crippen LogP contribution in [-0.4, -0.2) is 16.1 Å². The van der Waals surface area contributed by atoms with E-state index in [-0.39, 0.29) is 12.0 Å². The van der Waals surface area contributed by atoms with Crippen LogP contribution < -0.4 is 0 Å². The molecule has 0 radical (unpaired) electrons. The van der Waals surface area contributed by atoms with Crippen LogP contribution in [-0.2, 0) is 6.42 Å². The summed E-state index contributed by atoms with van der Waals surface area (Å²) in [5.74, 6) is -1.48. The van der Waals surface area contributed by atoms with E-state index in [1.165, 1.54) is 18.2 Å². The number of aromatic carboxylic acids is 1. The van der Waals surface area contributed by atoms with Gasteiger partial charge in [-0.3, -0.25) is 4.98 Å². The summed E-state index contributed by atoms with van der Waals surface area (Å²) in [5, 5.41) is 8.83. The van der Waals surface area contributed by atoms with Gasteiger partial charge in [0, 0.05) is 18.3 Å². The lowest BCUT2D eigenvalue weighted by Gasteiger charge is -2.04. The Bertz CT molecular complexity index is 540. The normalized spacial score (nSPS) is 10.2. The van der Waals surface area contributed by atoms with E-state index in [0.717, 1.165) is 0 Å². The number of hydrogen-bond acceptors (Lipinski definition) is 2. The van der Waals surface area contributed by atoms with Gasteiger partial charge in [0.25, 0.3) is 0 Å². The van der Waals surface area contributed by atoms with Crippen LogP contribution in [0.3, 0.4) is 0 Å². The molecule has 0 aliphatic carbocycles. The van der Waals surface area contributed by atoms with Gasteiger partial charge >= 0.3 is 5.97 Å². The van der Waals surface area contributed by atoms with Crippen LogP contribution in [0.5, 0.6) is 0 Å². The van der Waals surface area contributed by atoms with Crippen LogP contribution in [0.1, 0.15) is 21.6 Å². The van der Waals surface area contributed by atoms with Gasteiger partial charge in [0.05, 0.1) is 5.56 Å². The van der Waals surface area contributed by atoms with Crippen molar-refractivity contribution < 1.29 is 14.3 Å². The molecule has 1 aromatic heterocycles. The fourth-order valence-corrected chi connectivity index (χ4v) is 1.54. The molecule has 0 spiro atoms. The number of carboxylic acid groups (broad SMARTS) is 1. The Hall–Kier alpha value is -2.23. The average Bonchev–Trinajstić information content (AvgIpc) is 2.33. The number of hydrogen-bond donors (Lipinski definition) is 1. The number of nitrogens with zero attached hydrogens (tertiary/aromatic N) is 1. The summed E-state index contributed by atoms with van der Waals surface area (Å²) in [6.45, 7) is 0. The van der Waals surface area contributed by atoms with E-state index in [2.05, 4.69) is 4.98 Å². The first-order valence-electron chi connectivity index (χ1n) is 5.08. The van der Waals surface area contributed by atoms with Gasteiger partial charge in [0.15, 0.2) is 0 Å². The number of aromatic nitrogens is 1. The summed E-state index contributed by atoms with van der Waals surface area (Å²) in [5.41, 5.74) is 1.12. The van der Waals surface area contributed by atoms with E-state index < -0.39 is 11.8 Å². The van der Waals surface area contributed by atoms with E-state index in [1.807, 2.05) is 0 Å². The van der Waals surface area contributed by atoms with Gasteiger partial charge < -0.3 is 5.11 Å². The highest BCUT2D eigenvalue weighted by atomic mass is 19.1. The van der Waals surface area contributed by atoms with Crippen molar-refractivity contribution >= 4 is 5.97 Å². The molecule has 3 nitrogen and oxygen atoms in total. The molecule has 0 amide bonds. The number of benzene rings is 1. The smallest absolute Gasteiger partial charge is 0.335 e. The van der Waals surface area contributed by atoms with Crippen LogP contribution in [0.2, 0.25) is 0 Å². The second-order valence-electron chi connectivity index (χ2n) is 3.61. The number of pyridine rings is 1. The minimum atomic E-state index is -1.06. The second-order valence-corrected chi connectivity index (χ2v) is 3.61. The van der Waals surface area contributed by atoms with Crippen molar-refractivity contribution in [3.63, 3.8) is 0 Å². The van der Waals surface area contributed by atoms with Crippen LogP contribution in [0, 0.1) is 5.82 Å². The van der Waals surface area contributed by atoms with Gasteiger partial charge in [-0.05, 0) is 35.9 Å². The highest BCUT2D eigenvalue weighted by Crippen LogP contribution is 2.14. The largest absolute Gasteiger partial charge is 0.478 e. The van der Waals surface area contributed by atoms with Gasteiger partial charge in [-0.2, -0.15) is 0 Å². The second kappa shape index (κ2) is 4.74. The Morgan fingerprint density at radius 2 is 2.12 bits per heavy atom. The van der Waals surface area contributed by atoms with Gasteiger partial charge in [0.1, 0.15) is 5.82 Å². The lowest BCUT2D eigenvalue weighted by molar-refractivity contribution is 0.0696. The van der Waals surface area contributed by atoms with Crippen molar-refractivity contribution in [2.24, 2.45) is 0 Å². The van der Waals surface area contributed by atoms with Crippen molar-refractivity contribution in [2.75, 3.05) is 0 Å². The summed E-state index contributed by atoms with van der Waals surface area (Å²) in [4.78, 5) is 14.9. The molecule has 2 rings (SSSR count). The molecule has 0 saturated heterocycles. The van der Waals surface area contributed by atoms with E-state index >= 15 is 0 Å². The minimum Gasteiger partial charge on any atom is -0.478 e. The Labute approximate surface area is 97.6 Å². The van der Waals surface area contributed by atoms with Gasteiger partial charge in [-0.25, -0.2) is 9.18 Å². The molecular weight excluding hydrogens is 221 g/mol. The lowest BCUT2D eigenvalue weighted by atomic mass is 10.1. The van der Waals surface area contributed by atoms with Crippen molar-refractivity contribution in [1.82, 2.24) is 4.98 Å². The SMILES string of the molecule is O=C(O)c1ccc(F)c(Cc2ccccn2)c1. The number of carboxylic acids is 1. The topological polar surface area (TPSA) is 50.2 Å². The average molecular weight is 231 g/mol. The fourth-order valence-electron chi connectivity index (χ4n) is 1.54. The summed E-state index contributed by atoms with van der Waals surface area (Å²) >= 11 is 0. The highest BCUT2D eigenvalue weighted by molar-refractivity contribution is 5.87. The third kappa shape index (κ3) is 2.66. The molecule has 0 saturated carbocycles. The van der Waals surface area contributed by atoms with Crippen molar-refractivity contribution in [3.8, 4) is 0 Å². The zero-order valence-corrected chi connectivity index (χ0v) is 8.93. The molecule has 86 valence electrons. The summed E-state index contributed by atoms with van der Waals surface area (Å²) in [7, 11) is 0. The minimum absolute atomic E-state index is 0.0809. The maximum absolute atomic E-state index is 13.5. The zero-order valence-electron chi connectivity index (χ0n) is 8.93. The molecule has 0 fully saturated rings. The predicted octanol–water partition coefficient (Wildman–Crippen LogP) is 2.51. The molecule has 0 aliphatic heterocycles. The van der Waals surface area contributed by atoms with E-state index in [0.29, 0.717) is 11.3 Å². The molecule has 4 heteroatoms. The first-order valence-corrected chi connectivity index (χ1v) is 5.08. The molecule has 0 atom stereocenters. The van der Waals surface area contributed by atoms with Gasteiger partial charge in [-0.1, -0.05) is 6.07 Å². The Kier molecular flexibility index (Phi) is 3.14. The Balaban J connectivity index is 2.32. The zero-order chi connectivity index (χ0) is 12.3. The quantitative estimate of drug-likeness (QED) is 0.882. The molecule has 0 aliphatic rings. The predicted molar refractivity (Wildman–Crippen MR) is 60.4 cm³/mol. The van der Waals surface area contributed by atoms with Crippen LogP contribution in [0.4, 0.5) is 4.39 Å². The lowest BCUT2D eigenvalue weighted by Crippen LogP contribution is -2.01. The highest BCUT2D eigenvalue weighted by Gasteiger charge is 2.09. The molecule has 1 N–H and O–H groups in total. The molecule has 0 bridgehead atoms. The van der Waals surface area contributed by atoms with Gasteiger partial charge in [0.2, 0.25) is 0 Å². The standard InChI is InChI=1S/C13H10FNO2/c14-12-5-4-9(13(16)17)7-10(12)8-11-3-1-2-6-15-11/h1-7H,8H2,(H,16,17). The Morgan fingerprint density at radius 1 is 1.29 bits per heavy atom. The maximum Gasteiger partial charge on any atom is 0.335 e. The summed E-state index contributed by atoms with van der Waals surface area (Å²) in [6, 6.07) is 9.11. The number of halogens is 1. The Morgan fingerprint density at radius 3 is 2.76 bits per heavy atom. The summed E-state index contributed by atoms with van der Waals surface area (Å²) in [6.07, 6.45) is 1.90.